The highest BCUT2D eigenvalue weighted by Crippen LogP contribution is 2.50. The number of nitrogens with zero attached hydrogens (tertiary/aromatic N) is 1. The van der Waals surface area contributed by atoms with E-state index in [1.165, 1.54) is 24.3 Å². The first-order valence-electron chi connectivity index (χ1n) is 11.2. The maximum atomic E-state index is 13.2. The van der Waals surface area contributed by atoms with Crippen LogP contribution in [0.5, 0.6) is 5.75 Å². The summed E-state index contributed by atoms with van der Waals surface area (Å²) in [5.74, 6) is -1.21. The summed E-state index contributed by atoms with van der Waals surface area (Å²) in [7, 11) is -3.23. The van der Waals surface area contributed by atoms with Crippen molar-refractivity contribution in [2.24, 2.45) is 0 Å². The molecule has 1 spiro atoms. The zero-order valence-electron chi connectivity index (χ0n) is 19.1. The van der Waals surface area contributed by atoms with Gasteiger partial charge in [-0.25, -0.2) is 8.42 Å². The van der Waals surface area contributed by atoms with Crippen molar-refractivity contribution in [3.8, 4) is 16.9 Å². The number of fused-ring (bicyclic) bond motifs is 2. The summed E-state index contributed by atoms with van der Waals surface area (Å²) in [5, 5.41) is 5.54. The first kappa shape index (κ1) is 25.1. The van der Waals surface area contributed by atoms with Crippen molar-refractivity contribution in [1.29, 1.82) is 0 Å². The van der Waals surface area contributed by atoms with Crippen LogP contribution >= 0.6 is 11.6 Å². The molecule has 0 radical (unpaired) electrons. The Morgan fingerprint density at radius 1 is 1.14 bits per heavy atom. The fourth-order valence-corrected chi connectivity index (χ4v) is 6.41. The van der Waals surface area contributed by atoms with Gasteiger partial charge in [-0.3, -0.25) is 14.6 Å². The molecule has 8 nitrogen and oxygen atoms in total. The Balaban J connectivity index is 1.51. The highest BCUT2D eigenvalue weighted by molar-refractivity contribution is 7.91. The van der Waals surface area contributed by atoms with E-state index in [2.05, 4.69) is 20.4 Å². The second kappa shape index (κ2) is 9.07. The number of anilines is 2. The van der Waals surface area contributed by atoms with Crippen molar-refractivity contribution in [3.63, 3.8) is 0 Å². The smallest absolute Gasteiger partial charge is 0.420 e. The van der Waals surface area contributed by atoms with Crippen LogP contribution in [0.15, 0.2) is 60.9 Å². The van der Waals surface area contributed by atoms with Crippen LogP contribution in [-0.4, -0.2) is 42.3 Å². The lowest BCUT2D eigenvalue weighted by molar-refractivity contribution is -0.121. The molecule has 3 aromatic rings. The molecule has 0 bridgehead atoms. The Kier molecular flexibility index (Phi) is 6.15. The van der Waals surface area contributed by atoms with Crippen LogP contribution in [0.2, 0.25) is 0 Å². The maximum Gasteiger partial charge on any atom is 0.487 e. The molecule has 2 N–H and O–H groups in total. The van der Waals surface area contributed by atoms with Gasteiger partial charge >= 0.3 is 5.57 Å². The summed E-state index contributed by atoms with van der Waals surface area (Å²) in [4.78, 5) is 30.5. The van der Waals surface area contributed by atoms with E-state index >= 15 is 0 Å². The molecular weight excluding hydrogens is 528 g/mol. The zero-order valence-corrected chi connectivity index (χ0v) is 20.7. The molecule has 2 aromatic carbocycles. The molecule has 0 aliphatic carbocycles. The van der Waals surface area contributed by atoms with Crippen molar-refractivity contribution in [2.45, 2.75) is 23.8 Å². The SMILES string of the molecule is O=C(Nc1ccc(OC(F)(F)Cl)cc1)c1cc2c(c(-c3cccnc3)c1)C1(CCS(=O)(=O)CC1)C(=O)N2. The van der Waals surface area contributed by atoms with Crippen LogP contribution in [0, 0.1) is 0 Å². The van der Waals surface area contributed by atoms with Gasteiger partial charge in [0, 0.05) is 46.5 Å². The monoisotopic (exact) mass is 547 g/mol. The third-order valence-electron chi connectivity index (χ3n) is 6.56. The van der Waals surface area contributed by atoms with Gasteiger partial charge in [0.05, 0.1) is 16.9 Å². The number of sulfone groups is 1. The fraction of sp³-hybridized carbons (Fsp3) is 0.240. The first-order valence-corrected chi connectivity index (χ1v) is 13.4. The van der Waals surface area contributed by atoms with Crippen LogP contribution in [0.1, 0.15) is 28.8 Å². The van der Waals surface area contributed by atoms with Crippen molar-refractivity contribution in [1.82, 2.24) is 4.98 Å². The average Bonchev–Trinajstić information content (AvgIpc) is 3.12. The van der Waals surface area contributed by atoms with Crippen molar-refractivity contribution in [2.75, 3.05) is 22.1 Å². The minimum Gasteiger partial charge on any atom is -0.420 e. The van der Waals surface area contributed by atoms with E-state index in [9.17, 15) is 26.8 Å². The standard InChI is InChI=1S/C25H20ClF2N3O5S/c26-25(27,28)36-18-5-3-17(4-6-18)30-22(32)16-12-19(15-2-1-9-29-14-15)21-20(13-16)31-23(33)24(21)7-10-37(34,35)11-8-24/h1-6,9,12-14H,7-8,10-11H2,(H,30,32)(H,31,33). The number of nitrogens with one attached hydrogen (secondary N) is 2. The molecule has 2 aliphatic heterocycles. The number of rotatable bonds is 5. The number of carbonyl (C=O) groups is 2. The Morgan fingerprint density at radius 2 is 1.84 bits per heavy atom. The molecular formula is C25H20ClF2N3O5S. The highest BCUT2D eigenvalue weighted by atomic mass is 35.5. The molecule has 1 saturated heterocycles. The molecule has 1 fully saturated rings. The van der Waals surface area contributed by atoms with Crippen molar-refractivity contribution >= 4 is 44.6 Å². The van der Waals surface area contributed by atoms with Gasteiger partial charge in [-0.1, -0.05) is 6.07 Å². The van der Waals surface area contributed by atoms with E-state index in [0.717, 1.165) is 0 Å². The zero-order chi connectivity index (χ0) is 26.4. The van der Waals surface area contributed by atoms with Gasteiger partial charge in [-0.2, -0.15) is 0 Å². The van der Waals surface area contributed by atoms with E-state index in [4.69, 9.17) is 11.6 Å². The topological polar surface area (TPSA) is 114 Å². The molecule has 12 heteroatoms. The predicted molar refractivity (Wildman–Crippen MR) is 134 cm³/mol. The van der Waals surface area contributed by atoms with Crippen molar-refractivity contribution < 1.29 is 31.5 Å². The molecule has 0 unspecified atom stereocenters. The first-order chi connectivity index (χ1) is 17.5. The summed E-state index contributed by atoms with van der Waals surface area (Å²) in [5.41, 5.74) is -1.99. The molecule has 0 atom stereocenters. The number of amides is 2. The average molecular weight is 548 g/mol. The molecule has 3 heterocycles. The molecule has 2 aliphatic rings. The van der Waals surface area contributed by atoms with Crippen LogP contribution in [0.4, 0.5) is 20.2 Å². The number of alkyl halides is 3. The maximum absolute atomic E-state index is 13.2. The summed E-state index contributed by atoms with van der Waals surface area (Å²) in [6.45, 7) is 0. The van der Waals surface area contributed by atoms with E-state index in [1.54, 1.807) is 36.7 Å². The van der Waals surface area contributed by atoms with Crippen molar-refractivity contribution in [3.05, 3.63) is 72.1 Å². The number of ether oxygens (including phenoxy) is 1. The van der Waals surface area contributed by atoms with E-state index in [0.29, 0.717) is 28.1 Å². The van der Waals surface area contributed by atoms with Gasteiger partial charge < -0.3 is 15.4 Å². The number of halogens is 3. The minimum atomic E-state index is -3.86. The van der Waals surface area contributed by atoms with Crippen LogP contribution in [0.25, 0.3) is 11.1 Å². The van der Waals surface area contributed by atoms with E-state index in [1.807, 2.05) is 0 Å². The highest BCUT2D eigenvalue weighted by Gasteiger charge is 2.51. The largest absolute Gasteiger partial charge is 0.487 e. The summed E-state index contributed by atoms with van der Waals surface area (Å²) >= 11 is 4.77. The predicted octanol–water partition coefficient (Wildman–Crippen LogP) is 4.57. The molecule has 2 amide bonds. The Morgan fingerprint density at radius 3 is 2.46 bits per heavy atom. The third kappa shape index (κ3) is 5.01. The van der Waals surface area contributed by atoms with Gasteiger partial charge in [-0.15, -0.1) is 8.78 Å². The summed E-state index contributed by atoms with van der Waals surface area (Å²) in [6, 6.07) is 11.9. The normalized spacial score (nSPS) is 17.6. The summed E-state index contributed by atoms with van der Waals surface area (Å²) in [6.07, 6.45) is 3.49. The second-order valence-corrected chi connectivity index (χ2v) is 11.6. The number of hydrogen-bond donors (Lipinski definition) is 2. The molecule has 5 rings (SSSR count). The minimum absolute atomic E-state index is 0.107. The quantitative estimate of drug-likeness (QED) is 0.452. The number of carbonyl (C=O) groups excluding carboxylic acids is 2. The van der Waals surface area contributed by atoms with Gasteiger partial charge in [0.25, 0.3) is 5.91 Å². The Bertz CT molecular complexity index is 1480. The second-order valence-electron chi connectivity index (χ2n) is 8.90. The number of hydrogen-bond acceptors (Lipinski definition) is 6. The Labute approximate surface area is 215 Å². The van der Waals surface area contributed by atoms with Gasteiger partial charge in [0.15, 0.2) is 0 Å². The van der Waals surface area contributed by atoms with Gasteiger partial charge in [-0.05, 0) is 66.4 Å². The number of pyridine rings is 1. The van der Waals surface area contributed by atoms with Gasteiger partial charge in [0.2, 0.25) is 5.91 Å². The molecule has 0 saturated carbocycles. The van der Waals surface area contributed by atoms with Crippen LogP contribution < -0.4 is 15.4 Å². The molecule has 192 valence electrons. The Hall–Kier alpha value is -3.57. The number of aromatic nitrogens is 1. The lowest BCUT2D eigenvalue weighted by atomic mass is 9.73. The van der Waals surface area contributed by atoms with Crippen LogP contribution in [0.3, 0.4) is 0 Å². The fourth-order valence-electron chi connectivity index (χ4n) is 4.80. The summed E-state index contributed by atoms with van der Waals surface area (Å²) < 4.78 is 54.2. The molecule has 1 aromatic heterocycles. The van der Waals surface area contributed by atoms with Crippen LogP contribution in [-0.2, 0) is 20.0 Å². The van der Waals surface area contributed by atoms with E-state index < -0.39 is 26.7 Å². The molecule has 37 heavy (non-hydrogen) atoms. The lowest BCUT2D eigenvalue weighted by Crippen LogP contribution is -2.42. The number of benzene rings is 2. The van der Waals surface area contributed by atoms with E-state index in [-0.39, 0.29) is 41.6 Å². The van der Waals surface area contributed by atoms with Gasteiger partial charge in [0.1, 0.15) is 15.6 Å². The third-order valence-corrected chi connectivity index (χ3v) is 8.29. The lowest BCUT2D eigenvalue weighted by Gasteiger charge is -2.32.